The number of benzene rings is 1. The molecule has 1 atom stereocenters. The van der Waals surface area contributed by atoms with Crippen molar-refractivity contribution in [3.05, 3.63) is 66.6 Å². The molecule has 7 nitrogen and oxygen atoms in total. The van der Waals surface area contributed by atoms with Gasteiger partial charge in [0.15, 0.2) is 0 Å². The lowest BCUT2D eigenvalue weighted by Crippen LogP contribution is -2.59. The third kappa shape index (κ3) is 4.30. The smallest absolute Gasteiger partial charge is 0.255 e. The van der Waals surface area contributed by atoms with Gasteiger partial charge in [-0.25, -0.2) is 4.68 Å². The van der Waals surface area contributed by atoms with Gasteiger partial charge in [0.25, 0.3) is 5.91 Å². The molecular formula is C24H27N5O2S. The summed E-state index contributed by atoms with van der Waals surface area (Å²) in [6, 6.07) is 13.6. The first-order chi connectivity index (χ1) is 15.8. The second-order valence-corrected chi connectivity index (χ2v) is 9.33. The number of aromatic nitrogens is 3. The number of rotatable bonds is 6. The Balaban J connectivity index is 1.41. The van der Waals surface area contributed by atoms with Crippen molar-refractivity contribution in [3.63, 3.8) is 0 Å². The molecular weight excluding hydrogens is 422 g/mol. The average Bonchev–Trinajstić information content (AvgIpc) is 3.53. The lowest BCUT2D eigenvalue weighted by Gasteiger charge is -2.43. The SMILES string of the molecule is O=C(NCC1(N2CCOCC2)CCSC1)c1cn(-c2ccccc2)nc1-c1cccnc1. The second-order valence-electron chi connectivity index (χ2n) is 8.22. The molecule has 0 aliphatic carbocycles. The highest BCUT2D eigenvalue weighted by Crippen LogP contribution is 2.34. The molecule has 32 heavy (non-hydrogen) atoms. The Hall–Kier alpha value is -2.68. The van der Waals surface area contributed by atoms with Gasteiger partial charge in [-0.2, -0.15) is 16.9 Å². The number of ether oxygens (including phenoxy) is 1. The van der Waals surface area contributed by atoms with Crippen LogP contribution < -0.4 is 5.32 Å². The molecule has 0 bridgehead atoms. The summed E-state index contributed by atoms with van der Waals surface area (Å²) in [5.41, 5.74) is 2.93. The van der Waals surface area contributed by atoms with E-state index < -0.39 is 0 Å². The maximum atomic E-state index is 13.4. The molecule has 0 saturated carbocycles. The van der Waals surface area contributed by atoms with Crippen LogP contribution in [0.1, 0.15) is 16.8 Å². The number of nitrogens with one attached hydrogen (secondary N) is 1. The molecule has 5 rings (SSSR count). The highest BCUT2D eigenvalue weighted by atomic mass is 32.2. The number of carbonyl (C=O) groups excluding carboxylic acids is 1. The maximum absolute atomic E-state index is 13.4. The summed E-state index contributed by atoms with van der Waals surface area (Å²) in [6.07, 6.45) is 6.37. The average molecular weight is 450 g/mol. The summed E-state index contributed by atoms with van der Waals surface area (Å²) >= 11 is 1.97. The van der Waals surface area contributed by atoms with Crippen molar-refractivity contribution in [3.8, 4) is 16.9 Å². The Bertz CT molecular complexity index is 1040. The number of carbonyl (C=O) groups is 1. The summed E-state index contributed by atoms with van der Waals surface area (Å²) in [6.45, 7) is 3.99. The van der Waals surface area contributed by atoms with Crippen molar-refractivity contribution >= 4 is 17.7 Å². The molecule has 1 N–H and O–H groups in total. The van der Waals surface area contributed by atoms with E-state index in [1.807, 2.05) is 60.4 Å². The lowest BCUT2D eigenvalue weighted by atomic mass is 9.95. The predicted octanol–water partition coefficient (Wildman–Crippen LogP) is 2.87. The Labute approximate surface area is 192 Å². The van der Waals surface area contributed by atoms with E-state index in [2.05, 4.69) is 15.2 Å². The van der Waals surface area contributed by atoms with Crippen molar-refractivity contribution in [2.75, 3.05) is 44.4 Å². The molecule has 3 aromatic rings. The van der Waals surface area contributed by atoms with Crippen LogP contribution in [-0.2, 0) is 4.74 Å². The van der Waals surface area contributed by atoms with Crippen LogP contribution in [0.25, 0.3) is 16.9 Å². The zero-order valence-corrected chi connectivity index (χ0v) is 18.8. The van der Waals surface area contributed by atoms with E-state index >= 15 is 0 Å². The molecule has 1 unspecified atom stereocenters. The van der Waals surface area contributed by atoms with Crippen LogP contribution >= 0.6 is 11.8 Å². The highest BCUT2D eigenvalue weighted by Gasteiger charge is 2.41. The van der Waals surface area contributed by atoms with E-state index in [-0.39, 0.29) is 11.4 Å². The summed E-state index contributed by atoms with van der Waals surface area (Å²) in [7, 11) is 0. The molecule has 0 radical (unpaired) electrons. The highest BCUT2D eigenvalue weighted by molar-refractivity contribution is 7.99. The summed E-state index contributed by atoms with van der Waals surface area (Å²) in [5.74, 6) is 2.06. The van der Waals surface area contributed by atoms with E-state index in [4.69, 9.17) is 9.84 Å². The first kappa shape index (κ1) is 21.2. The van der Waals surface area contributed by atoms with Crippen molar-refractivity contribution < 1.29 is 9.53 Å². The van der Waals surface area contributed by atoms with Crippen LogP contribution in [-0.4, -0.2) is 75.5 Å². The number of morpholine rings is 1. The Morgan fingerprint density at radius 2 is 2.00 bits per heavy atom. The number of nitrogens with zero attached hydrogens (tertiary/aromatic N) is 4. The van der Waals surface area contributed by atoms with Gasteiger partial charge in [-0.1, -0.05) is 18.2 Å². The predicted molar refractivity (Wildman–Crippen MR) is 126 cm³/mol. The van der Waals surface area contributed by atoms with Crippen LogP contribution in [0.15, 0.2) is 61.1 Å². The first-order valence-electron chi connectivity index (χ1n) is 11.0. The fourth-order valence-electron chi connectivity index (χ4n) is 4.44. The Kier molecular flexibility index (Phi) is 6.25. The standard InChI is InChI=1S/C24H27N5O2S/c30-23(26-17-24(8-14-32-18-24)28-10-12-31-13-11-28)21-16-29(20-6-2-1-3-7-20)27-22(21)19-5-4-9-25-15-19/h1-7,9,15-16H,8,10-14,17-18H2,(H,26,30). The van der Waals surface area contributed by atoms with Gasteiger partial charge in [-0.15, -0.1) is 0 Å². The molecule has 0 spiro atoms. The lowest BCUT2D eigenvalue weighted by molar-refractivity contribution is -0.0129. The van der Waals surface area contributed by atoms with Crippen molar-refractivity contribution in [1.29, 1.82) is 0 Å². The van der Waals surface area contributed by atoms with Crippen LogP contribution in [0.5, 0.6) is 0 Å². The monoisotopic (exact) mass is 449 g/mol. The molecule has 166 valence electrons. The fourth-order valence-corrected chi connectivity index (χ4v) is 5.92. The molecule has 2 aliphatic rings. The molecule has 1 aromatic carbocycles. The molecule has 2 fully saturated rings. The molecule has 2 aliphatic heterocycles. The van der Waals surface area contributed by atoms with Gasteiger partial charge < -0.3 is 10.1 Å². The molecule has 4 heterocycles. The molecule has 8 heteroatoms. The topological polar surface area (TPSA) is 72.3 Å². The molecule has 2 saturated heterocycles. The minimum Gasteiger partial charge on any atom is -0.379 e. The van der Waals surface area contributed by atoms with Gasteiger partial charge >= 0.3 is 0 Å². The normalized spacial score (nSPS) is 21.5. The minimum atomic E-state index is -0.101. The van der Waals surface area contributed by atoms with Crippen LogP contribution in [0, 0.1) is 0 Å². The van der Waals surface area contributed by atoms with E-state index in [1.54, 1.807) is 17.1 Å². The number of amides is 1. The van der Waals surface area contributed by atoms with Gasteiger partial charge in [0, 0.05) is 55.1 Å². The zero-order chi connectivity index (χ0) is 21.8. The van der Waals surface area contributed by atoms with Gasteiger partial charge in [0.2, 0.25) is 0 Å². The summed E-state index contributed by atoms with van der Waals surface area (Å²) in [4.78, 5) is 20.2. The van der Waals surface area contributed by atoms with Crippen LogP contribution in [0.2, 0.25) is 0 Å². The quantitative estimate of drug-likeness (QED) is 0.624. The summed E-state index contributed by atoms with van der Waals surface area (Å²) < 4.78 is 7.32. The summed E-state index contributed by atoms with van der Waals surface area (Å²) in [5, 5.41) is 7.99. The maximum Gasteiger partial charge on any atom is 0.255 e. The molecule has 2 aromatic heterocycles. The van der Waals surface area contributed by atoms with E-state index in [1.165, 1.54) is 0 Å². The van der Waals surface area contributed by atoms with Crippen molar-refractivity contribution in [2.24, 2.45) is 0 Å². The van der Waals surface area contributed by atoms with Gasteiger partial charge in [-0.05, 0) is 36.4 Å². The zero-order valence-electron chi connectivity index (χ0n) is 17.9. The van der Waals surface area contributed by atoms with Gasteiger partial charge in [0.1, 0.15) is 5.69 Å². The van der Waals surface area contributed by atoms with Gasteiger partial charge in [0.05, 0.1) is 24.5 Å². The Morgan fingerprint density at radius 3 is 2.72 bits per heavy atom. The largest absolute Gasteiger partial charge is 0.379 e. The number of pyridine rings is 1. The minimum absolute atomic E-state index is 0.00596. The Morgan fingerprint density at radius 1 is 1.16 bits per heavy atom. The number of hydrogen-bond acceptors (Lipinski definition) is 6. The fraction of sp³-hybridized carbons (Fsp3) is 0.375. The number of para-hydroxylation sites is 1. The van der Waals surface area contributed by atoms with Crippen LogP contribution in [0.3, 0.4) is 0 Å². The number of hydrogen-bond donors (Lipinski definition) is 1. The van der Waals surface area contributed by atoms with E-state index in [0.29, 0.717) is 17.8 Å². The van der Waals surface area contributed by atoms with Crippen LogP contribution in [0.4, 0.5) is 0 Å². The van der Waals surface area contributed by atoms with E-state index in [0.717, 1.165) is 55.5 Å². The van der Waals surface area contributed by atoms with Gasteiger partial charge in [-0.3, -0.25) is 14.7 Å². The van der Waals surface area contributed by atoms with Crippen molar-refractivity contribution in [2.45, 2.75) is 12.0 Å². The molecule has 1 amide bonds. The number of thioether (sulfide) groups is 1. The third-order valence-electron chi connectivity index (χ3n) is 6.26. The van der Waals surface area contributed by atoms with E-state index in [9.17, 15) is 4.79 Å². The van der Waals surface area contributed by atoms with Crippen molar-refractivity contribution in [1.82, 2.24) is 25.0 Å². The first-order valence-corrected chi connectivity index (χ1v) is 12.1. The second kappa shape index (κ2) is 9.44. The third-order valence-corrected chi connectivity index (χ3v) is 7.49.